The highest BCUT2D eigenvalue weighted by atomic mass is 16.5. The van der Waals surface area contributed by atoms with Crippen LogP contribution in [0.25, 0.3) is 0 Å². The lowest BCUT2D eigenvalue weighted by molar-refractivity contribution is 0.0803. The largest absolute Gasteiger partial charge is 0.381 e. The number of ether oxygens (including phenoxy) is 1. The Morgan fingerprint density at radius 1 is 1.38 bits per heavy atom. The van der Waals surface area contributed by atoms with E-state index in [2.05, 4.69) is 11.1 Å². The first kappa shape index (κ1) is 10.2. The Hall–Kier alpha value is -0.930. The smallest absolute Gasteiger partial charge is 0.0535 e. The number of fused-ring (bicyclic) bond motifs is 1. The van der Waals surface area contributed by atoms with Gasteiger partial charge >= 0.3 is 0 Å². The molecule has 3 rings (SSSR count). The Labute approximate surface area is 96.0 Å². The second-order valence-electron chi connectivity index (χ2n) is 4.96. The van der Waals surface area contributed by atoms with Crippen LogP contribution in [0.4, 0.5) is 0 Å². The molecule has 0 amide bonds. The standard InChI is InChI=1S/C13H18N2O/c14-12-5-10-4-11(7-15-13(10)6-12)9-2-1-3-16-8-9/h4,7,9,12H,1-3,5-6,8,14H2. The number of hydrogen-bond donors (Lipinski definition) is 1. The molecular weight excluding hydrogens is 200 g/mol. The maximum absolute atomic E-state index is 5.95. The van der Waals surface area contributed by atoms with E-state index < -0.39 is 0 Å². The molecule has 86 valence electrons. The third-order valence-electron chi connectivity index (χ3n) is 3.65. The van der Waals surface area contributed by atoms with Gasteiger partial charge in [0.1, 0.15) is 0 Å². The van der Waals surface area contributed by atoms with E-state index in [0.29, 0.717) is 5.92 Å². The number of hydrogen-bond acceptors (Lipinski definition) is 3. The third-order valence-corrected chi connectivity index (χ3v) is 3.65. The minimum atomic E-state index is 0.278. The van der Waals surface area contributed by atoms with Gasteiger partial charge < -0.3 is 10.5 Å². The van der Waals surface area contributed by atoms with Gasteiger partial charge in [-0.05, 0) is 30.4 Å². The van der Waals surface area contributed by atoms with Crippen LogP contribution < -0.4 is 5.73 Å². The van der Waals surface area contributed by atoms with Gasteiger partial charge in [0.25, 0.3) is 0 Å². The van der Waals surface area contributed by atoms with Crippen molar-refractivity contribution in [3.05, 3.63) is 29.1 Å². The Kier molecular flexibility index (Phi) is 2.65. The summed E-state index contributed by atoms with van der Waals surface area (Å²) in [6, 6.07) is 2.58. The molecule has 1 aromatic heterocycles. The molecule has 0 bridgehead atoms. The van der Waals surface area contributed by atoms with Gasteiger partial charge in [-0.2, -0.15) is 0 Å². The summed E-state index contributed by atoms with van der Waals surface area (Å²) in [7, 11) is 0. The summed E-state index contributed by atoms with van der Waals surface area (Å²) in [6.07, 6.45) is 6.35. The Morgan fingerprint density at radius 2 is 2.31 bits per heavy atom. The SMILES string of the molecule is NC1Cc2cc(C3CCCOC3)cnc2C1. The second-order valence-corrected chi connectivity index (χ2v) is 4.96. The fraction of sp³-hybridized carbons (Fsp3) is 0.615. The Bertz CT molecular complexity index is 386. The highest BCUT2D eigenvalue weighted by molar-refractivity contribution is 5.32. The lowest BCUT2D eigenvalue weighted by atomic mass is 9.93. The van der Waals surface area contributed by atoms with E-state index in [-0.39, 0.29) is 6.04 Å². The van der Waals surface area contributed by atoms with Crippen molar-refractivity contribution >= 4 is 0 Å². The van der Waals surface area contributed by atoms with Crippen LogP contribution in [0.2, 0.25) is 0 Å². The molecule has 2 heterocycles. The average Bonchev–Trinajstić information content (AvgIpc) is 2.69. The zero-order valence-corrected chi connectivity index (χ0v) is 9.48. The highest BCUT2D eigenvalue weighted by Crippen LogP contribution is 2.28. The Morgan fingerprint density at radius 3 is 3.12 bits per heavy atom. The van der Waals surface area contributed by atoms with Gasteiger partial charge in [0.2, 0.25) is 0 Å². The minimum absolute atomic E-state index is 0.278. The van der Waals surface area contributed by atoms with Crippen molar-refractivity contribution in [3.8, 4) is 0 Å². The van der Waals surface area contributed by atoms with E-state index >= 15 is 0 Å². The zero-order chi connectivity index (χ0) is 11.0. The van der Waals surface area contributed by atoms with Gasteiger partial charge in [0, 0.05) is 36.9 Å². The lowest BCUT2D eigenvalue weighted by Crippen LogP contribution is -2.19. The monoisotopic (exact) mass is 218 g/mol. The minimum Gasteiger partial charge on any atom is -0.381 e. The summed E-state index contributed by atoms with van der Waals surface area (Å²) < 4.78 is 5.52. The van der Waals surface area contributed by atoms with Gasteiger partial charge in [-0.15, -0.1) is 0 Å². The van der Waals surface area contributed by atoms with Crippen LogP contribution in [0.15, 0.2) is 12.3 Å². The molecule has 2 unspecified atom stereocenters. The first-order chi connectivity index (χ1) is 7.83. The van der Waals surface area contributed by atoms with E-state index in [0.717, 1.165) is 26.1 Å². The van der Waals surface area contributed by atoms with Crippen LogP contribution in [0.1, 0.15) is 35.6 Å². The van der Waals surface area contributed by atoms with Crippen LogP contribution in [0.5, 0.6) is 0 Å². The van der Waals surface area contributed by atoms with Crippen molar-refractivity contribution in [2.75, 3.05) is 13.2 Å². The molecule has 3 heteroatoms. The van der Waals surface area contributed by atoms with E-state index in [9.17, 15) is 0 Å². The first-order valence-electron chi connectivity index (χ1n) is 6.14. The molecule has 16 heavy (non-hydrogen) atoms. The second kappa shape index (κ2) is 4.15. The number of rotatable bonds is 1. The topological polar surface area (TPSA) is 48.1 Å². The maximum Gasteiger partial charge on any atom is 0.0535 e. The molecule has 0 aromatic carbocycles. The van der Waals surface area contributed by atoms with Gasteiger partial charge in [0.15, 0.2) is 0 Å². The summed E-state index contributed by atoms with van der Waals surface area (Å²) in [5.41, 5.74) is 9.85. The summed E-state index contributed by atoms with van der Waals surface area (Å²) in [5, 5.41) is 0. The number of nitrogens with two attached hydrogens (primary N) is 1. The molecule has 1 aromatic rings. The molecule has 1 saturated heterocycles. The average molecular weight is 218 g/mol. The van der Waals surface area contributed by atoms with Crippen LogP contribution in [-0.2, 0) is 17.6 Å². The molecule has 1 fully saturated rings. The molecule has 2 N–H and O–H groups in total. The van der Waals surface area contributed by atoms with Crippen molar-refractivity contribution in [2.24, 2.45) is 5.73 Å². The van der Waals surface area contributed by atoms with E-state index in [1.807, 2.05) is 6.20 Å². The highest BCUT2D eigenvalue weighted by Gasteiger charge is 2.22. The molecule has 3 nitrogen and oxygen atoms in total. The van der Waals surface area contributed by atoms with E-state index in [4.69, 9.17) is 10.5 Å². The fourth-order valence-corrected chi connectivity index (χ4v) is 2.75. The molecule has 0 spiro atoms. The molecular formula is C13H18N2O. The van der Waals surface area contributed by atoms with Crippen molar-refractivity contribution in [1.29, 1.82) is 0 Å². The van der Waals surface area contributed by atoms with Crippen molar-refractivity contribution in [2.45, 2.75) is 37.6 Å². The Balaban J connectivity index is 1.84. The summed E-state index contributed by atoms with van der Waals surface area (Å²) in [5.74, 6) is 0.545. The molecule has 1 aliphatic heterocycles. The molecule has 1 aliphatic carbocycles. The summed E-state index contributed by atoms with van der Waals surface area (Å²) in [6.45, 7) is 1.77. The zero-order valence-electron chi connectivity index (χ0n) is 9.48. The molecule has 2 atom stereocenters. The van der Waals surface area contributed by atoms with Crippen LogP contribution in [0, 0.1) is 0 Å². The summed E-state index contributed by atoms with van der Waals surface area (Å²) in [4.78, 5) is 4.55. The third kappa shape index (κ3) is 1.85. The van der Waals surface area contributed by atoms with Gasteiger partial charge in [-0.25, -0.2) is 0 Å². The van der Waals surface area contributed by atoms with E-state index in [1.54, 1.807) is 0 Å². The van der Waals surface area contributed by atoms with Gasteiger partial charge in [0.05, 0.1) is 6.61 Å². The fourth-order valence-electron chi connectivity index (χ4n) is 2.75. The van der Waals surface area contributed by atoms with E-state index in [1.165, 1.54) is 29.7 Å². The predicted molar refractivity (Wildman–Crippen MR) is 62.4 cm³/mol. The molecule has 2 aliphatic rings. The summed E-state index contributed by atoms with van der Waals surface area (Å²) >= 11 is 0. The van der Waals surface area contributed by atoms with Crippen molar-refractivity contribution in [3.63, 3.8) is 0 Å². The van der Waals surface area contributed by atoms with Crippen LogP contribution in [0.3, 0.4) is 0 Å². The van der Waals surface area contributed by atoms with Crippen LogP contribution >= 0.6 is 0 Å². The lowest BCUT2D eigenvalue weighted by Gasteiger charge is -2.22. The van der Waals surface area contributed by atoms with Gasteiger partial charge in [-0.3, -0.25) is 4.98 Å². The van der Waals surface area contributed by atoms with Gasteiger partial charge in [-0.1, -0.05) is 6.07 Å². The molecule has 0 radical (unpaired) electrons. The predicted octanol–water partition coefficient (Wildman–Crippen LogP) is 1.40. The number of aromatic nitrogens is 1. The number of pyridine rings is 1. The molecule has 0 saturated carbocycles. The quantitative estimate of drug-likeness (QED) is 0.775. The number of nitrogens with zero attached hydrogens (tertiary/aromatic N) is 1. The van der Waals surface area contributed by atoms with Crippen molar-refractivity contribution in [1.82, 2.24) is 4.98 Å². The normalized spacial score (nSPS) is 29.1. The van der Waals surface area contributed by atoms with Crippen molar-refractivity contribution < 1.29 is 4.74 Å². The van der Waals surface area contributed by atoms with Crippen LogP contribution in [-0.4, -0.2) is 24.2 Å². The maximum atomic E-state index is 5.95. The first-order valence-corrected chi connectivity index (χ1v) is 6.14.